The first-order valence-electron chi connectivity index (χ1n) is 21.0. The van der Waals surface area contributed by atoms with E-state index in [0.29, 0.717) is 5.82 Å². The van der Waals surface area contributed by atoms with Crippen molar-refractivity contribution in [3.05, 3.63) is 216 Å². The highest BCUT2D eigenvalue weighted by Gasteiger charge is 2.42. The lowest BCUT2D eigenvalue weighted by molar-refractivity contribution is 0.652. The van der Waals surface area contributed by atoms with E-state index in [9.17, 15) is 0 Å². The summed E-state index contributed by atoms with van der Waals surface area (Å²) >= 11 is 0. The Morgan fingerprint density at radius 3 is 1.30 bits per heavy atom. The minimum Gasteiger partial charge on any atom is -0.228 e. The number of benzene rings is 8. The van der Waals surface area contributed by atoms with Crippen molar-refractivity contribution in [2.24, 2.45) is 0 Å². The van der Waals surface area contributed by atoms with Gasteiger partial charge in [0.05, 0.1) is 11.4 Å². The summed E-state index contributed by atoms with van der Waals surface area (Å²) in [5.74, 6) is 0.714. The zero-order valence-electron chi connectivity index (χ0n) is 34.4. The molecule has 2 heteroatoms. The zero-order chi connectivity index (χ0) is 40.6. The average molecular weight is 769 g/mol. The van der Waals surface area contributed by atoms with E-state index >= 15 is 0 Å². The second-order valence-corrected chi connectivity index (χ2v) is 17.4. The zero-order valence-corrected chi connectivity index (χ0v) is 34.4. The molecule has 0 aliphatic heterocycles. The van der Waals surface area contributed by atoms with E-state index in [1.165, 1.54) is 77.9 Å². The Labute approximate surface area is 353 Å². The summed E-state index contributed by atoms with van der Waals surface area (Å²) < 4.78 is 0. The molecule has 0 atom stereocenters. The third-order valence-electron chi connectivity index (χ3n) is 13.2. The van der Waals surface area contributed by atoms with E-state index in [0.717, 1.165) is 28.1 Å². The highest BCUT2D eigenvalue weighted by molar-refractivity contribution is 5.96. The van der Waals surface area contributed by atoms with Gasteiger partial charge in [-0.3, -0.25) is 0 Å². The molecule has 0 bridgehead atoms. The molecule has 0 fully saturated rings. The van der Waals surface area contributed by atoms with Crippen molar-refractivity contribution in [2.45, 2.75) is 38.5 Å². The summed E-state index contributed by atoms with van der Waals surface area (Å²) in [5.41, 5.74) is 23.2. The van der Waals surface area contributed by atoms with E-state index < -0.39 is 0 Å². The maximum Gasteiger partial charge on any atom is 0.160 e. The molecular weight excluding hydrogens is 725 g/mol. The summed E-state index contributed by atoms with van der Waals surface area (Å²) in [6, 6.07) is 70.3. The topological polar surface area (TPSA) is 25.8 Å². The van der Waals surface area contributed by atoms with E-state index in [4.69, 9.17) is 9.97 Å². The number of hydrogen-bond acceptors (Lipinski definition) is 2. The molecule has 1 aromatic heterocycles. The predicted octanol–water partition coefficient (Wildman–Crippen LogP) is 15.1. The molecule has 60 heavy (non-hydrogen) atoms. The summed E-state index contributed by atoms with van der Waals surface area (Å²) in [6.07, 6.45) is 0. The second kappa shape index (κ2) is 13.7. The van der Waals surface area contributed by atoms with Crippen LogP contribution in [0.5, 0.6) is 0 Å². The van der Waals surface area contributed by atoms with Gasteiger partial charge in [-0.05, 0) is 96.1 Å². The molecule has 0 spiro atoms. The number of aromatic nitrogens is 2. The summed E-state index contributed by atoms with van der Waals surface area (Å²) in [7, 11) is 0. The Morgan fingerprint density at radius 2 is 0.700 bits per heavy atom. The van der Waals surface area contributed by atoms with Crippen LogP contribution in [0.4, 0.5) is 0 Å². The standard InChI is InChI=1S/C58H44N2/c1-57(2)49-20-12-11-18-46(49)47-34-52-48(35-51(47)57)55-45(19-13-21-50(55)58(52,3)4)41-28-22-39(23-29-41)40-26-32-43(33-27-40)54-36-53(59-56(60-54)44-16-9-6-10-17-44)42-30-24-38(25-31-42)37-14-7-5-8-15-37/h5-36H,1-4H3. The van der Waals surface area contributed by atoms with Crippen LogP contribution in [0.2, 0.25) is 0 Å². The van der Waals surface area contributed by atoms with Crippen LogP contribution < -0.4 is 0 Å². The Morgan fingerprint density at radius 1 is 0.283 bits per heavy atom. The van der Waals surface area contributed by atoms with Gasteiger partial charge in [-0.15, -0.1) is 0 Å². The Bertz CT molecular complexity index is 3080. The third-order valence-corrected chi connectivity index (χ3v) is 13.2. The van der Waals surface area contributed by atoms with E-state index in [-0.39, 0.29) is 10.8 Å². The lowest BCUT2D eigenvalue weighted by atomic mass is 9.79. The molecule has 11 rings (SSSR count). The van der Waals surface area contributed by atoms with Crippen molar-refractivity contribution < 1.29 is 0 Å². The van der Waals surface area contributed by atoms with Crippen LogP contribution in [0, 0.1) is 0 Å². The number of hydrogen-bond donors (Lipinski definition) is 0. The van der Waals surface area contributed by atoms with E-state index in [2.05, 4.69) is 198 Å². The second-order valence-electron chi connectivity index (χ2n) is 17.4. The number of rotatable bonds is 6. The lowest BCUT2D eigenvalue weighted by Crippen LogP contribution is -2.16. The molecule has 8 aromatic carbocycles. The van der Waals surface area contributed by atoms with Crippen molar-refractivity contribution in [1.82, 2.24) is 9.97 Å². The fourth-order valence-corrected chi connectivity index (χ4v) is 9.82. The minimum absolute atomic E-state index is 0.0466. The van der Waals surface area contributed by atoms with Gasteiger partial charge in [-0.25, -0.2) is 9.97 Å². The molecule has 0 radical (unpaired) electrons. The molecule has 2 aliphatic carbocycles. The van der Waals surface area contributed by atoms with E-state index in [1.807, 2.05) is 24.3 Å². The molecule has 286 valence electrons. The molecule has 9 aromatic rings. The smallest absolute Gasteiger partial charge is 0.160 e. The third kappa shape index (κ3) is 5.78. The molecule has 1 heterocycles. The van der Waals surface area contributed by atoms with Gasteiger partial charge in [0.25, 0.3) is 0 Å². The first kappa shape index (κ1) is 36.0. The molecule has 0 unspecified atom stereocenters. The van der Waals surface area contributed by atoms with Crippen molar-refractivity contribution in [3.8, 4) is 89.5 Å². The van der Waals surface area contributed by atoms with Gasteiger partial charge in [-0.2, -0.15) is 0 Å². The summed E-state index contributed by atoms with van der Waals surface area (Å²) in [5, 5.41) is 0. The Hall–Kier alpha value is -7.16. The van der Waals surface area contributed by atoms with Gasteiger partial charge >= 0.3 is 0 Å². The summed E-state index contributed by atoms with van der Waals surface area (Å²) in [4.78, 5) is 10.2. The molecule has 0 amide bonds. The van der Waals surface area contributed by atoms with Gasteiger partial charge in [0.2, 0.25) is 0 Å². The maximum absolute atomic E-state index is 5.09. The normalized spacial score (nSPS) is 13.9. The van der Waals surface area contributed by atoms with Crippen molar-refractivity contribution in [1.29, 1.82) is 0 Å². The molecule has 0 saturated heterocycles. The molecule has 2 aliphatic rings. The molecule has 0 N–H and O–H groups in total. The van der Waals surface area contributed by atoms with Crippen LogP contribution in [-0.2, 0) is 10.8 Å². The average Bonchev–Trinajstić information content (AvgIpc) is 3.68. The van der Waals surface area contributed by atoms with Crippen LogP contribution >= 0.6 is 0 Å². The SMILES string of the molecule is CC1(C)c2ccccc2-c2cc3c(cc21)-c1c(-c2ccc(-c4ccc(-c5cc(-c6ccc(-c7ccccc7)cc6)nc(-c6ccccc6)n5)cc4)cc2)cccc1C3(C)C. The van der Waals surface area contributed by atoms with E-state index in [1.54, 1.807) is 0 Å². The molecule has 2 nitrogen and oxygen atoms in total. The largest absolute Gasteiger partial charge is 0.228 e. The Balaban J connectivity index is 0.917. The lowest BCUT2D eigenvalue weighted by Gasteiger charge is -2.24. The minimum atomic E-state index is -0.0988. The van der Waals surface area contributed by atoms with Gasteiger partial charge in [0, 0.05) is 27.5 Å². The van der Waals surface area contributed by atoms with Crippen LogP contribution in [0.3, 0.4) is 0 Å². The summed E-state index contributed by atoms with van der Waals surface area (Å²) in [6.45, 7) is 9.53. The predicted molar refractivity (Wildman–Crippen MR) is 250 cm³/mol. The van der Waals surface area contributed by atoms with Crippen LogP contribution in [0.15, 0.2) is 194 Å². The van der Waals surface area contributed by atoms with Crippen molar-refractivity contribution in [2.75, 3.05) is 0 Å². The fraction of sp³-hybridized carbons (Fsp3) is 0.103. The monoisotopic (exact) mass is 768 g/mol. The Kier molecular flexibility index (Phi) is 8.22. The van der Waals surface area contributed by atoms with Crippen LogP contribution in [0.1, 0.15) is 49.9 Å². The fourth-order valence-electron chi connectivity index (χ4n) is 9.82. The van der Waals surface area contributed by atoms with Crippen LogP contribution in [0.25, 0.3) is 89.5 Å². The van der Waals surface area contributed by atoms with Gasteiger partial charge in [-0.1, -0.05) is 204 Å². The highest BCUT2D eigenvalue weighted by atomic mass is 14.9. The van der Waals surface area contributed by atoms with Gasteiger partial charge < -0.3 is 0 Å². The van der Waals surface area contributed by atoms with Crippen molar-refractivity contribution >= 4 is 0 Å². The van der Waals surface area contributed by atoms with Crippen LogP contribution in [-0.4, -0.2) is 9.97 Å². The van der Waals surface area contributed by atoms with Crippen molar-refractivity contribution in [3.63, 3.8) is 0 Å². The highest BCUT2D eigenvalue weighted by Crippen LogP contribution is 2.57. The van der Waals surface area contributed by atoms with Gasteiger partial charge in [0.15, 0.2) is 5.82 Å². The number of nitrogens with zero attached hydrogens (tertiary/aromatic N) is 2. The maximum atomic E-state index is 5.09. The first-order chi connectivity index (χ1) is 29.2. The first-order valence-corrected chi connectivity index (χ1v) is 21.0. The molecule has 0 saturated carbocycles. The van der Waals surface area contributed by atoms with Gasteiger partial charge in [0.1, 0.15) is 0 Å². The number of fused-ring (bicyclic) bond motifs is 6. The molecular formula is C58H44N2. The quantitative estimate of drug-likeness (QED) is 0.168.